The molecule has 8 heteroatoms. The van der Waals surface area contributed by atoms with E-state index in [0.717, 1.165) is 23.5 Å². The molecular weight excluding hydrogens is 392 g/mol. The van der Waals surface area contributed by atoms with E-state index in [9.17, 15) is 13.2 Å². The molecule has 1 amide bonds. The van der Waals surface area contributed by atoms with Crippen molar-refractivity contribution in [3.05, 3.63) is 45.4 Å². The van der Waals surface area contributed by atoms with Crippen molar-refractivity contribution in [3.63, 3.8) is 0 Å². The lowest BCUT2D eigenvalue weighted by atomic mass is 10.1. The maximum atomic E-state index is 13.2. The Morgan fingerprint density at radius 1 is 1.27 bits per heavy atom. The Balaban J connectivity index is 1.78. The van der Waals surface area contributed by atoms with E-state index >= 15 is 0 Å². The number of hydrogen-bond acceptors (Lipinski definition) is 5. The Labute approximate surface area is 162 Å². The monoisotopic (exact) mass is 412 g/mol. The van der Waals surface area contributed by atoms with E-state index in [4.69, 9.17) is 11.6 Å². The van der Waals surface area contributed by atoms with E-state index < -0.39 is 20.5 Å². The molecule has 2 aromatic rings. The number of amides is 1. The number of hydrogen-bond donors (Lipinski definition) is 1. The second-order valence-corrected chi connectivity index (χ2v) is 10.3. The van der Waals surface area contributed by atoms with Gasteiger partial charge < -0.3 is 5.32 Å². The predicted octanol–water partition coefficient (Wildman–Crippen LogP) is 3.55. The van der Waals surface area contributed by atoms with Gasteiger partial charge in [-0.15, -0.1) is 11.3 Å². The van der Waals surface area contributed by atoms with Crippen LogP contribution in [0.1, 0.15) is 36.4 Å². The maximum absolute atomic E-state index is 13.2. The summed E-state index contributed by atoms with van der Waals surface area (Å²) in [5.74, 6) is -0.406. The van der Waals surface area contributed by atoms with Crippen LogP contribution in [0.25, 0.3) is 0 Å². The van der Waals surface area contributed by atoms with E-state index in [1.54, 1.807) is 23.5 Å². The number of rotatable bonds is 6. The van der Waals surface area contributed by atoms with Crippen LogP contribution in [0, 0.1) is 6.92 Å². The zero-order chi connectivity index (χ0) is 18.8. The predicted molar refractivity (Wildman–Crippen MR) is 103 cm³/mol. The first-order valence-electron chi connectivity index (χ1n) is 8.55. The summed E-state index contributed by atoms with van der Waals surface area (Å²) in [5, 5.41) is 6.23. The number of thiazole rings is 1. The molecule has 1 aliphatic carbocycles. The maximum Gasteiger partial charge on any atom is 0.241 e. The summed E-state index contributed by atoms with van der Waals surface area (Å²) in [7, 11) is -3.79. The van der Waals surface area contributed by atoms with Crippen molar-refractivity contribution < 1.29 is 13.2 Å². The molecule has 5 nitrogen and oxygen atoms in total. The van der Waals surface area contributed by atoms with Gasteiger partial charge in [-0.25, -0.2) is 13.4 Å². The van der Waals surface area contributed by atoms with Gasteiger partial charge in [0.25, 0.3) is 0 Å². The minimum atomic E-state index is -3.79. The van der Waals surface area contributed by atoms with Crippen LogP contribution in [0.4, 0.5) is 0 Å². The third-order valence-corrected chi connectivity index (χ3v) is 8.39. The van der Waals surface area contributed by atoms with Crippen LogP contribution in [0.2, 0.25) is 5.02 Å². The third-order valence-electron chi connectivity index (χ3n) is 4.80. The summed E-state index contributed by atoms with van der Waals surface area (Å²) in [5.41, 5.74) is 0.911. The molecule has 3 rings (SSSR count). The molecule has 0 atom stereocenters. The molecule has 1 fully saturated rings. The summed E-state index contributed by atoms with van der Waals surface area (Å²) in [6.07, 6.45) is 2.74. The number of sulfone groups is 1. The lowest BCUT2D eigenvalue weighted by Gasteiger charge is -2.27. The van der Waals surface area contributed by atoms with Gasteiger partial charge in [0.15, 0.2) is 14.6 Å². The molecule has 140 valence electrons. The van der Waals surface area contributed by atoms with Crippen LogP contribution >= 0.6 is 22.9 Å². The van der Waals surface area contributed by atoms with Crippen molar-refractivity contribution in [1.29, 1.82) is 0 Å². The van der Waals surface area contributed by atoms with Crippen molar-refractivity contribution in [2.45, 2.75) is 48.7 Å². The van der Waals surface area contributed by atoms with E-state index in [-0.39, 0.29) is 4.90 Å². The summed E-state index contributed by atoms with van der Waals surface area (Å²) in [6, 6.07) is 6.03. The lowest BCUT2D eigenvalue weighted by molar-refractivity contribution is -0.123. The zero-order valence-electron chi connectivity index (χ0n) is 14.5. The SMILES string of the molecule is Cc1nc(CCNC(=O)C2(S(=O)(=O)c3ccc(Cl)cc3)CCCC2)cs1. The lowest BCUT2D eigenvalue weighted by Crippen LogP contribution is -2.51. The first-order valence-corrected chi connectivity index (χ1v) is 11.3. The van der Waals surface area contributed by atoms with Crippen LogP contribution in [-0.4, -0.2) is 30.6 Å². The fraction of sp³-hybridized carbons (Fsp3) is 0.444. The highest BCUT2D eigenvalue weighted by atomic mass is 35.5. The molecule has 1 aromatic heterocycles. The molecule has 0 saturated heterocycles. The Morgan fingerprint density at radius 2 is 1.92 bits per heavy atom. The van der Waals surface area contributed by atoms with E-state index in [0.29, 0.717) is 30.8 Å². The molecule has 0 aliphatic heterocycles. The van der Waals surface area contributed by atoms with Crippen LogP contribution in [0.3, 0.4) is 0 Å². The average molecular weight is 413 g/mol. The molecule has 1 saturated carbocycles. The molecule has 1 aliphatic rings. The number of carbonyl (C=O) groups excluding carboxylic acids is 1. The minimum Gasteiger partial charge on any atom is -0.354 e. The smallest absolute Gasteiger partial charge is 0.241 e. The van der Waals surface area contributed by atoms with E-state index in [2.05, 4.69) is 10.3 Å². The normalized spacial score (nSPS) is 16.5. The number of nitrogens with one attached hydrogen (secondary N) is 1. The fourth-order valence-corrected chi connectivity index (χ4v) is 6.25. The van der Waals surface area contributed by atoms with Gasteiger partial charge in [-0.3, -0.25) is 4.79 Å². The number of aryl methyl sites for hydroxylation is 1. The van der Waals surface area contributed by atoms with Crippen molar-refractivity contribution in [2.75, 3.05) is 6.54 Å². The van der Waals surface area contributed by atoms with Gasteiger partial charge >= 0.3 is 0 Å². The molecule has 1 heterocycles. The summed E-state index contributed by atoms with van der Waals surface area (Å²) in [4.78, 5) is 17.4. The van der Waals surface area contributed by atoms with E-state index in [1.165, 1.54) is 12.1 Å². The molecule has 1 aromatic carbocycles. The number of aromatic nitrogens is 1. The molecule has 26 heavy (non-hydrogen) atoms. The van der Waals surface area contributed by atoms with Crippen molar-refractivity contribution in [1.82, 2.24) is 10.3 Å². The van der Waals surface area contributed by atoms with Crippen molar-refractivity contribution in [3.8, 4) is 0 Å². The van der Waals surface area contributed by atoms with Gasteiger partial charge in [-0.2, -0.15) is 0 Å². The molecule has 0 radical (unpaired) electrons. The van der Waals surface area contributed by atoms with Crippen molar-refractivity contribution in [2.24, 2.45) is 0 Å². The van der Waals surface area contributed by atoms with Crippen molar-refractivity contribution >= 4 is 38.7 Å². The second kappa shape index (κ2) is 7.66. The van der Waals surface area contributed by atoms with Crippen LogP contribution < -0.4 is 5.32 Å². The quantitative estimate of drug-likeness (QED) is 0.787. The third kappa shape index (κ3) is 3.66. The summed E-state index contributed by atoms with van der Waals surface area (Å²) in [6.45, 7) is 2.30. The van der Waals surface area contributed by atoms with Gasteiger partial charge in [-0.05, 0) is 44.0 Å². The Bertz CT molecular complexity index is 885. The topological polar surface area (TPSA) is 76.1 Å². The van der Waals surface area contributed by atoms with Crippen LogP contribution in [-0.2, 0) is 21.1 Å². The number of carbonyl (C=O) groups is 1. The van der Waals surface area contributed by atoms with Gasteiger partial charge in [0.2, 0.25) is 5.91 Å². The molecule has 0 bridgehead atoms. The minimum absolute atomic E-state index is 0.147. The van der Waals surface area contributed by atoms with Crippen LogP contribution in [0.5, 0.6) is 0 Å². The molecular formula is C18H21ClN2O3S2. The van der Waals surface area contributed by atoms with Gasteiger partial charge in [-0.1, -0.05) is 24.4 Å². The largest absolute Gasteiger partial charge is 0.354 e. The number of halogens is 1. The average Bonchev–Trinajstić information content (AvgIpc) is 3.25. The van der Waals surface area contributed by atoms with Gasteiger partial charge in [0.1, 0.15) is 0 Å². The summed E-state index contributed by atoms with van der Waals surface area (Å²) < 4.78 is 25.1. The first-order chi connectivity index (χ1) is 12.3. The number of nitrogens with zero attached hydrogens (tertiary/aromatic N) is 1. The fourth-order valence-electron chi connectivity index (χ4n) is 3.39. The first kappa shape index (κ1) is 19.3. The Morgan fingerprint density at radius 3 is 2.50 bits per heavy atom. The Hall–Kier alpha value is -1.44. The standard InChI is InChI=1S/C18H21ClN2O3S2/c1-13-21-15(12-25-13)8-11-20-17(22)18(9-2-3-10-18)26(23,24)16-6-4-14(19)5-7-16/h4-7,12H,2-3,8-11H2,1H3,(H,20,22). The van der Waals surface area contributed by atoms with E-state index in [1.807, 2.05) is 12.3 Å². The second-order valence-electron chi connectivity index (χ2n) is 6.52. The molecule has 1 N–H and O–H groups in total. The highest BCUT2D eigenvalue weighted by Crippen LogP contribution is 2.41. The summed E-state index contributed by atoms with van der Waals surface area (Å²) >= 11 is 7.43. The van der Waals surface area contributed by atoms with Gasteiger partial charge in [0, 0.05) is 23.4 Å². The molecule has 0 unspecified atom stereocenters. The highest BCUT2D eigenvalue weighted by Gasteiger charge is 2.52. The Kier molecular flexibility index (Phi) is 5.69. The zero-order valence-corrected chi connectivity index (χ0v) is 16.9. The highest BCUT2D eigenvalue weighted by molar-refractivity contribution is 7.93. The van der Waals surface area contributed by atoms with Crippen LogP contribution in [0.15, 0.2) is 34.5 Å². The number of benzene rings is 1. The van der Waals surface area contributed by atoms with Gasteiger partial charge in [0.05, 0.1) is 15.6 Å². The molecule has 0 spiro atoms.